The van der Waals surface area contributed by atoms with Gasteiger partial charge in [-0.1, -0.05) is 0 Å². The average Bonchev–Trinajstić information content (AvgIpc) is 2.38. The number of ether oxygens (including phenoxy) is 1. The number of likely N-dealkylation sites (N-methyl/N-ethyl adjacent to an activating group) is 1. The molecule has 0 saturated heterocycles. The summed E-state index contributed by atoms with van der Waals surface area (Å²) in [5.41, 5.74) is 4.87. The first-order valence-electron chi connectivity index (χ1n) is 6.56. The van der Waals surface area contributed by atoms with Gasteiger partial charge >= 0.3 is 6.18 Å². The maximum Gasteiger partial charge on any atom is 0.416 e. The standard InChI is InChI=1S/C14H20F4N2O/c1-20(4-3-5-21-2)13(9-19)10-6-11(14(16,17)18)8-12(15)7-10/h6-8,13H,3-5,9,19H2,1-2H3. The number of benzene rings is 1. The van der Waals surface area contributed by atoms with Gasteiger partial charge in [0.1, 0.15) is 5.82 Å². The number of nitrogens with two attached hydrogens (primary N) is 1. The number of hydrogen-bond acceptors (Lipinski definition) is 3. The molecule has 0 radical (unpaired) electrons. The van der Waals surface area contributed by atoms with E-state index in [4.69, 9.17) is 10.5 Å². The SMILES string of the molecule is COCCCN(C)C(CN)c1cc(F)cc(C(F)(F)F)c1. The van der Waals surface area contributed by atoms with E-state index in [-0.39, 0.29) is 12.1 Å². The lowest BCUT2D eigenvalue weighted by Crippen LogP contribution is -2.32. The fraction of sp³-hybridized carbons (Fsp3) is 0.571. The molecule has 0 saturated carbocycles. The molecule has 1 aromatic rings. The van der Waals surface area contributed by atoms with Crippen LogP contribution in [0.25, 0.3) is 0 Å². The van der Waals surface area contributed by atoms with Crippen LogP contribution >= 0.6 is 0 Å². The molecular weight excluding hydrogens is 288 g/mol. The Kier molecular flexibility index (Phi) is 6.57. The van der Waals surface area contributed by atoms with Crippen LogP contribution in [-0.2, 0) is 10.9 Å². The van der Waals surface area contributed by atoms with Gasteiger partial charge in [-0.05, 0) is 37.2 Å². The largest absolute Gasteiger partial charge is 0.416 e. The lowest BCUT2D eigenvalue weighted by molar-refractivity contribution is -0.137. The molecule has 21 heavy (non-hydrogen) atoms. The summed E-state index contributed by atoms with van der Waals surface area (Å²) in [6.45, 7) is 1.23. The fourth-order valence-corrected chi connectivity index (χ4v) is 2.15. The summed E-state index contributed by atoms with van der Waals surface area (Å²) in [5, 5.41) is 0. The molecule has 0 aliphatic heterocycles. The van der Waals surface area contributed by atoms with Crippen LogP contribution in [0.1, 0.15) is 23.6 Å². The maximum atomic E-state index is 13.4. The number of rotatable bonds is 7. The van der Waals surface area contributed by atoms with Crippen LogP contribution in [0, 0.1) is 5.82 Å². The van der Waals surface area contributed by atoms with Crippen LogP contribution in [0.3, 0.4) is 0 Å². The lowest BCUT2D eigenvalue weighted by Gasteiger charge is -2.28. The van der Waals surface area contributed by atoms with Crippen LogP contribution in [-0.4, -0.2) is 38.8 Å². The minimum atomic E-state index is -4.58. The van der Waals surface area contributed by atoms with Crippen LogP contribution in [0.15, 0.2) is 18.2 Å². The second-order valence-corrected chi connectivity index (χ2v) is 4.85. The number of methoxy groups -OCH3 is 1. The van der Waals surface area contributed by atoms with Gasteiger partial charge in [0.15, 0.2) is 0 Å². The molecular formula is C14H20F4N2O. The smallest absolute Gasteiger partial charge is 0.385 e. The zero-order valence-corrected chi connectivity index (χ0v) is 12.1. The van der Waals surface area contributed by atoms with E-state index >= 15 is 0 Å². The maximum absolute atomic E-state index is 13.4. The highest BCUT2D eigenvalue weighted by atomic mass is 19.4. The van der Waals surface area contributed by atoms with Gasteiger partial charge in [0.2, 0.25) is 0 Å². The molecule has 0 aliphatic rings. The second-order valence-electron chi connectivity index (χ2n) is 4.85. The van der Waals surface area contributed by atoms with E-state index in [1.165, 1.54) is 0 Å². The molecule has 7 heteroatoms. The Morgan fingerprint density at radius 3 is 2.48 bits per heavy atom. The van der Waals surface area contributed by atoms with Gasteiger partial charge in [-0.25, -0.2) is 4.39 Å². The Labute approximate surface area is 121 Å². The molecule has 0 fully saturated rings. The van der Waals surface area contributed by atoms with Gasteiger partial charge < -0.3 is 10.5 Å². The molecule has 0 heterocycles. The van der Waals surface area contributed by atoms with Crippen LogP contribution in [0.5, 0.6) is 0 Å². The normalized spacial score (nSPS) is 13.7. The minimum absolute atomic E-state index is 0.101. The average molecular weight is 308 g/mol. The van der Waals surface area contributed by atoms with Crippen molar-refractivity contribution in [3.8, 4) is 0 Å². The quantitative estimate of drug-likeness (QED) is 0.622. The number of hydrogen-bond donors (Lipinski definition) is 1. The van der Waals surface area contributed by atoms with Crippen molar-refractivity contribution >= 4 is 0 Å². The van der Waals surface area contributed by atoms with Gasteiger partial charge in [-0.2, -0.15) is 13.2 Å². The van der Waals surface area contributed by atoms with Crippen molar-refractivity contribution in [2.24, 2.45) is 5.73 Å². The molecule has 1 atom stereocenters. The van der Waals surface area contributed by atoms with Crippen molar-refractivity contribution < 1.29 is 22.3 Å². The number of alkyl halides is 3. The predicted molar refractivity (Wildman–Crippen MR) is 72.3 cm³/mol. The molecule has 0 amide bonds. The van der Waals surface area contributed by atoms with Gasteiger partial charge in [0, 0.05) is 32.8 Å². The van der Waals surface area contributed by atoms with E-state index in [2.05, 4.69) is 0 Å². The highest BCUT2D eigenvalue weighted by Gasteiger charge is 2.32. The van der Waals surface area contributed by atoms with E-state index in [9.17, 15) is 17.6 Å². The molecule has 0 spiro atoms. The first-order valence-corrected chi connectivity index (χ1v) is 6.56. The molecule has 1 rings (SSSR count). The Balaban J connectivity index is 2.97. The van der Waals surface area contributed by atoms with Crippen LogP contribution in [0.4, 0.5) is 17.6 Å². The van der Waals surface area contributed by atoms with E-state index in [0.29, 0.717) is 25.6 Å². The van der Waals surface area contributed by atoms with Crippen LogP contribution < -0.4 is 5.73 Å². The summed E-state index contributed by atoms with van der Waals surface area (Å²) < 4.78 is 56.6. The fourth-order valence-electron chi connectivity index (χ4n) is 2.15. The van der Waals surface area contributed by atoms with E-state index < -0.39 is 23.6 Å². The third kappa shape index (κ3) is 5.26. The third-order valence-electron chi connectivity index (χ3n) is 3.25. The third-order valence-corrected chi connectivity index (χ3v) is 3.25. The summed E-state index contributed by atoms with van der Waals surface area (Å²) in [4.78, 5) is 1.80. The van der Waals surface area contributed by atoms with Gasteiger partial charge in [-0.15, -0.1) is 0 Å². The van der Waals surface area contributed by atoms with Crippen molar-refractivity contribution in [2.45, 2.75) is 18.6 Å². The Hall–Kier alpha value is -1.18. The molecule has 0 bridgehead atoms. The molecule has 1 unspecified atom stereocenters. The highest BCUT2D eigenvalue weighted by molar-refractivity contribution is 5.29. The molecule has 0 aromatic heterocycles. The van der Waals surface area contributed by atoms with Crippen molar-refractivity contribution in [1.29, 1.82) is 0 Å². The number of nitrogens with zero attached hydrogens (tertiary/aromatic N) is 1. The van der Waals surface area contributed by atoms with Gasteiger partial charge in [0.25, 0.3) is 0 Å². The van der Waals surface area contributed by atoms with Crippen molar-refractivity contribution in [3.63, 3.8) is 0 Å². The topological polar surface area (TPSA) is 38.5 Å². The molecule has 120 valence electrons. The van der Waals surface area contributed by atoms with Crippen LogP contribution in [0.2, 0.25) is 0 Å². The Morgan fingerprint density at radius 2 is 1.95 bits per heavy atom. The van der Waals surface area contributed by atoms with Crippen molar-refractivity contribution in [3.05, 3.63) is 35.1 Å². The summed E-state index contributed by atoms with van der Waals surface area (Å²) in [6.07, 6.45) is -3.87. The summed E-state index contributed by atoms with van der Waals surface area (Å²) in [6, 6.07) is 2.06. The first-order chi connectivity index (χ1) is 9.79. The molecule has 2 N–H and O–H groups in total. The van der Waals surface area contributed by atoms with Crippen molar-refractivity contribution in [2.75, 3.05) is 33.9 Å². The first kappa shape index (κ1) is 17.9. The summed E-state index contributed by atoms with van der Waals surface area (Å²) in [7, 11) is 3.31. The van der Waals surface area contributed by atoms with Gasteiger partial charge in [0.05, 0.1) is 5.56 Å². The van der Waals surface area contributed by atoms with E-state index in [1.54, 1.807) is 19.1 Å². The predicted octanol–water partition coefficient (Wildman–Crippen LogP) is 2.81. The van der Waals surface area contributed by atoms with Crippen molar-refractivity contribution in [1.82, 2.24) is 4.90 Å². The monoisotopic (exact) mass is 308 g/mol. The lowest BCUT2D eigenvalue weighted by atomic mass is 10.0. The Morgan fingerprint density at radius 1 is 1.29 bits per heavy atom. The van der Waals surface area contributed by atoms with Gasteiger partial charge in [-0.3, -0.25) is 4.90 Å². The zero-order valence-electron chi connectivity index (χ0n) is 12.1. The zero-order chi connectivity index (χ0) is 16.0. The van der Waals surface area contributed by atoms with E-state index in [1.807, 2.05) is 0 Å². The summed E-state index contributed by atoms with van der Waals surface area (Å²) in [5.74, 6) is -0.913. The summed E-state index contributed by atoms with van der Waals surface area (Å²) >= 11 is 0. The molecule has 0 aliphatic carbocycles. The Bertz CT molecular complexity index is 451. The minimum Gasteiger partial charge on any atom is -0.385 e. The molecule has 3 nitrogen and oxygen atoms in total. The number of halogens is 4. The van der Waals surface area contributed by atoms with E-state index in [0.717, 1.165) is 12.1 Å². The second kappa shape index (κ2) is 7.72. The highest BCUT2D eigenvalue weighted by Crippen LogP contribution is 2.32. The molecule has 1 aromatic carbocycles.